The molecule has 3 nitrogen and oxygen atoms in total. The first-order valence-corrected chi connectivity index (χ1v) is 4.38. The molecule has 0 spiro atoms. The third-order valence-corrected chi connectivity index (χ3v) is 2.41. The fraction of sp³-hybridized carbons (Fsp3) is 0.500. The third kappa shape index (κ3) is 1.80. The maximum absolute atomic E-state index is 11.6. The van der Waals surface area contributed by atoms with Gasteiger partial charge in [-0.15, -0.1) is 0 Å². The average molecular weight is 180 g/mol. The van der Waals surface area contributed by atoms with Gasteiger partial charge in [0, 0.05) is 24.0 Å². The van der Waals surface area contributed by atoms with Gasteiger partial charge in [-0.3, -0.25) is 4.79 Å². The predicted octanol–water partition coefficient (Wildman–Crippen LogP) is 1.04. The normalized spacial score (nSPS) is 10.5. The number of nitrogens with one attached hydrogen (secondary N) is 1. The van der Waals surface area contributed by atoms with Crippen LogP contribution in [0.1, 0.15) is 21.7 Å². The van der Waals surface area contributed by atoms with E-state index in [9.17, 15) is 4.79 Å². The largest absolute Gasteiger partial charge is 0.351 e. The summed E-state index contributed by atoms with van der Waals surface area (Å²) in [7, 11) is 3.75. The van der Waals surface area contributed by atoms with Crippen LogP contribution in [-0.2, 0) is 7.05 Å². The molecule has 0 radical (unpaired) electrons. The van der Waals surface area contributed by atoms with E-state index in [-0.39, 0.29) is 5.78 Å². The molecule has 0 saturated heterocycles. The highest BCUT2D eigenvalue weighted by atomic mass is 16.1. The molecule has 0 unspecified atom stereocenters. The van der Waals surface area contributed by atoms with Gasteiger partial charge in [0.1, 0.15) is 0 Å². The van der Waals surface area contributed by atoms with Crippen LogP contribution in [0.25, 0.3) is 0 Å². The van der Waals surface area contributed by atoms with E-state index in [0.717, 1.165) is 17.0 Å². The summed E-state index contributed by atoms with van der Waals surface area (Å²) >= 11 is 0. The van der Waals surface area contributed by atoms with Gasteiger partial charge < -0.3 is 9.88 Å². The maximum Gasteiger partial charge on any atom is 0.178 e. The Labute approximate surface area is 78.8 Å². The molecule has 3 heteroatoms. The van der Waals surface area contributed by atoms with Crippen LogP contribution in [0, 0.1) is 13.8 Å². The lowest BCUT2D eigenvalue weighted by Crippen LogP contribution is -2.18. The number of rotatable bonds is 3. The number of aromatic nitrogens is 1. The van der Waals surface area contributed by atoms with Gasteiger partial charge in [0.25, 0.3) is 0 Å². The summed E-state index contributed by atoms with van der Waals surface area (Å²) in [6.07, 6.45) is 0. The van der Waals surface area contributed by atoms with E-state index in [2.05, 4.69) is 5.32 Å². The molecular weight excluding hydrogens is 164 g/mol. The molecule has 0 aromatic carbocycles. The minimum atomic E-state index is 0.156. The molecule has 0 aliphatic rings. The number of nitrogens with zero attached hydrogens (tertiary/aromatic N) is 1. The first-order chi connectivity index (χ1) is 6.07. The van der Waals surface area contributed by atoms with Gasteiger partial charge >= 0.3 is 0 Å². The van der Waals surface area contributed by atoms with E-state index in [1.54, 1.807) is 7.05 Å². The van der Waals surface area contributed by atoms with E-state index in [1.165, 1.54) is 0 Å². The van der Waals surface area contributed by atoms with Crippen LogP contribution in [0.15, 0.2) is 6.07 Å². The zero-order valence-electron chi connectivity index (χ0n) is 8.64. The summed E-state index contributed by atoms with van der Waals surface area (Å²) in [6.45, 7) is 4.38. The highest BCUT2D eigenvalue weighted by Crippen LogP contribution is 2.13. The standard InChI is InChI=1S/C10H16N2O/c1-7-5-9(8(2)12(7)4)10(13)6-11-3/h5,11H,6H2,1-4H3. The molecule has 0 bridgehead atoms. The van der Waals surface area contributed by atoms with E-state index in [0.29, 0.717) is 6.54 Å². The van der Waals surface area contributed by atoms with Crippen molar-refractivity contribution in [1.29, 1.82) is 0 Å². The summed E-state index contributed by atoms with van der Waals surface area (Å²) in [5.74, 6) is 0.156. The molecule has 0 aliphatic heterocycles. The molecule has 0 amide bonds. The molecule has 1 aromatic rings. The second-order valence-electron chi connectivity index (χ2n) is 3.30. The lowest BCUT2D eigenvalue weighted by Gasteiger charge is -2.01. The van der Waals surface area contributed by atoms with Crippen molar-refractivity contribution in [3.63, 3.8) is 0 Å². The number of Topliss-reactive ketones (excluding diaryl/α,β-unsaturated/α-hetero) is 1. The van der Waals surface area contributed by atoms with Gasteiger partial charge in [0.15, 0.2) is 5.78 Å². The fourth-order valence-electron chi connectivity index (χ4n) is 1.39. The lowest BCUT2D eigenvalue weighted by atomic mass is 10.1. The monoisotopic (exact) mass is 180 g/mol. The Bertz CT molecular complexity index is 326. The van der Waals surface area contributed by atoms with Crippen molar-refractivity contribution in [2.75, 3.05) is 13.6 Å². The molecule has 0 atom stereocenters. The predicted molar refractivity (Wildman–Crippen MR) is 53.1 cm³/mol. The third-order valence-electron chi connectivity index (χ3n) is 2.41. The van der Waals surface area contributed by atoms with Crippen molar-refractivity contribution in [2.24, 2.45) is 7.05 Å². The summed E-state index contributed by atoms with van der Waals surface area (Å²) in [4.78, 5) is 11.6. The number of carbonyl (C=O) groups excluding carboxylic acids is 1. The minimum Gasteiger partial charge on any atom is -0.351 e. The van der Waals surface area contributed by atoms with Crippen molar-refractivity contribution in [2.45, 2.75) is 13.8 Å². The van der Waals surface area contributed by atoms with Gasteiger partial charge in [0.2, 0.25) is 0 Å². The molecule has 1 N–H and O–H groups in total. The van der Waals surface area contributed by atoms with E-state index in [4.69, 9.17) is 0 Å². The van der Waals surface area contributed by atoms with E-state index >= 15 is 0 Å². The van der Waals surface area contributed by atoms with Crippen LogP contribution in [0.2, 0.25) is 0 Å². The van der Waals surface area contributed by atoms with Crippen LogP contribution in [0.4, 0.5) is 0 Å². The van der Waals surface area contributed by atoms with Crippen LogP contribution < -0.4 is 5.32 Å². The molecule has 1 rings (SSSR count). The van der Waals surface area contributed by atoms with Gasteiger partial charge in [0.05, 0.1) is 6.54 Å². The number of hydrogen-bond donors (Lipinski definition) is 1. The number of hydrogen-bond acceptors (Lipinski definition) is 2. The van der Waals surface area contributed by atoms with Crippen LogP contribution in [0.5, 0.6) is 0 Å². The Morgan fingerprint density at radius 1 is 1.54 bits per heavy atom. The maximum atomic E-state index is 11.6. The van der Waals surface area contributed by atoms with Crippen LogP contribution in [0.3, 0.4) is 0 Å². The Morgan fingerprint density at radius 2 is 2.15 bits per heavy atom. The molecule has 0 aliphatic carbocycles. The number of ketones is 1. The SMILES string of the molecule is CNCC(=O)c1cc(C)n(C)c1C. The first kappa shape index (κ1) is 9.99. The number of carbonyl (C=O) groups is 1. The Kier molecular flexibility index (Phi) is 2.88. The Balaban J connectivity index is 3.01. The second-order valence-corrected chi connectivity index (χ2v) is 3.30. The highest BCUT2D eigenvalue weighted by molar-refractivity contribution is 5.98. The summed E-state index contributed by atoms with van der Waals surface area (Å²) in [6, 6.07) is 1.94. The summed E-state index contributed by atoms with van der Waals surface area (Å²) < 4.78 is 2.03. The molecule has 72 valence electrons. The van der Waals surface area contributed by atoms with Crippen molar-refractivity contribution in [3.8, 4) is 0 Å². The van der Waals surface area contributed by atoms with Crippen molar-refractivity contribution in [1.82, 2.24) is 9.88 Å². The minimum absolute atomic E-state index is 0.156. The van der Waals surface area contributed by atoms with Crippen molar-refractivity contribution < 1.29 is 4.79 Å². The van der Waals surface area contributed by atoms with Gasteiger partial charge in [-0.05, 0) is 27.0 Å². The topological polar surface area (TPSA) is 34.0 Å². The summed E-state index contributed by atoms with van der Waals surface area (Å²) in [5, 5.41) is 2.86. The molecule has 1 aromatic heterocycles. The van der Waals surface area contributed by atoms with E-state index in [1.807, 2.05) is 31.5 Å². The first-order valence-electron chi connectivity index (χ1n) is 4.38. The van der Waals surface area contributed by atoms with Gasteiger partial charge in [-0.2, -0.15) is 0 Å². The zero-order valence-corrected chi connectivity index (χ0v) is 8.64. The second kappa shape index (κ2) is 3.75. The Morgan fingerprint density at radius 3 is 2.54 bits per heavy atom. The number of likely N-dealkylation sites (N-methyl/N-ethyl adjacent to an activating group) is 1. The Hall–Kier alpha value is -1.09. The molecule has 1 heterocycles. The van der Waals surface area contributed by atoms with E-state index < -0.39 is 0 Å². The number of aryl methyl sites for hydroxylation is 1. The molecular formula is C10H16N2O. The van der Waals surface area contributed by atoms with Crippen LogP contribution >= 0.6 is 0 Å². The van der Waals surface area contributed by atoms with Gasteiger partial charge in [-0.1, -0.05) is 0 Å². The molecule has 13 heavy (non-hydrogen) atoms. The van der Waals surface area contributed by atoms with Crippen LogP contribution in [-0.4, -0.2) is 23.9 Å². The lowest BCUT2D eigenvalue weighted by molar-refractivity contribution is 0.0993. The quantitative estimate of drug-likeness (QED) is 0.705. The summed E-state index contributed by atoms with van der Waals surface area (Å²) in [5.41, 5.74) is 2.99. The van der Waals surface area contributed by atoms with Gasteiger partial charge in [-0.25, -0.2) is 0 Å². The average Bonchev–Trinajstić information content (AvgIpc) is 2.33. The van der Waals surface area contributed by atoms with Crippen molar-refractivity contribution >= 4 is 5.78 Å². The smallest absolute Gasteiger partial charge is 0.178 e. The highest BCUT2D eigenvalue weighted by Gasteiger charge is 2.12. The fourth-order valence-corrected chi connectivity index (χ4v) is 1.39. The molecule has 0 saturated carbocycles. The zero-order chi connectivity index (χ0) is 10.0. The molecule has 0 fully saturated rings. The van der Waals surface area contributed by atoms with Crippen molar-refractivity contribution in [3.05, 3.63) is 23.0 Å².